The number of nitrogens with two attached hydrogens (primary N) is 1. The molecule has 15 heteroatoms. The van der Waals surface area contributed by atoms with Crippen molar-refractivity contribution in [1.82, 2.24) is 14.5 Å². The molecule has 0 saturated carbocycles. The Kier molecular flexibility index (Phi) is 10.0. The van der Waals surface area contributed by atoms with Crippen LogP contribution in [0.25, 0.3) is 0 Å². The van der Waals surface area contributed by atoms with Crippen molar-refractivity contribution in [1.29, 1.82) is 0 Å². The maximum absolute atomic E-state index is 13.4. The number of hydrazone groups is 1. The van der Waals surface area contributed by atoms with E-state index in [9.17, 15) is 16.8 Å². The van der Waals surface area contributed by atoms with Crippen LogP contribution in [0.3, 0.4) is 0 Å². The fourth-order valence-electron chi connectivity index (χ4n) is 4.18. The van der Waals surface area contributed by atoms with Crippen LogP contribution >= 0.6 is 23.2 Å². The summed E-state index contributed by atoms with van der Waals surface area (Å²) in [6, 6.07) is 21.5. The number of hydrogen-bond acceptors (Lipinski definition) is 7. The number of nitrogens with zero attached hydrogens (tertiary/aromatic N) is 3. The molecule has 0 fully saturated rings. The summed E-state index contributed by atoms with van der Waals surface area (Å²) in [5.74, 6) is -0.373. The maximum Gasteiger partial charge on any atom is 0.274 e. The molecule has 2 atom stereocenters. The molecule has 3 aromatic rings. The van der Waals surface area contributed by atoms with Gasteiger partial charge in [0.1, 0.15) is 0 Å². The number of guanidine groups is 1. The van der Waals surface area contributed by atoms with Crippen molar-refractivity contribution in [2.45, 2.75) is 16.9 Å². The van der Waals surface area contributed by atoms with Crippen LogP contribution in [0.1, 0.15) is 17.0 Å². The second kappa shape index (κ2) is 13.3. The molecule has 4 N–H and O–H groups in total. The molecule has 0 saturated heterocycles. The second-order valence-corrected chi connectivity index (χ2v) is 13.0. The van der Waals surface area contributed by atoms with Crippen LogP contribution in [0.2, 0.25) is 10.0 Å². The molecule has 41 heavy (non-hydrogen) atoms. The third-order valence-electron chi connectivity index (χ3n) is 6.01. The summed E-state index contributed by atoms with van der Waals surface area (Å²) in [6.07, 6.45) is 0. The SMILES string of the molecule is COCC(CN=C(NS(=O)(=O)c1ccc(Cl)cc1)N1C[C@H](c2ccccc2)C(c2ccc(Cl)cc2)=N1)NS(N)(=O)=O. The minimum Gasteiger partial charge on any atom is -0.383 e. The van der Waals surface area contributed by atoms with Crippen LogP contribution in [-0.4, -0.2) is 66.4 Å². The Balaban J connectivity index is 1.76. The predicted octanol–water partition coefficient (Wildman–Crippen LogP) is 2.94. The second-order valence-electron chi connectivity index (χ2n) is 9.08. The number of sulfonamides is 1. The van der Waals surface area contributed by atoms with Crippen LogP contribution in [-0.2, 0) is 25.0 Å². The van der Waals surface area contributed by atoms with Gasteiger partial charge in [-0.2, -0.15) is 18.2 Å². The van der Waals surface area contributed by atoms with Gasteiger partial charge < -0.3 is 4.74 Å². The number of ether oxygens (including phenoxy) is 1. The van der Waals surface area contributed by atoms with Crippen molar-refractivity contribution >= 4 is 55.1 Å². The van der Waals surface area contributed by atoms with Crippen LogP contribution in [0, 0.1) is 0 Å². The highest BCUT2D eigenvalue weighted by atomic mass is 35.5. The summed E-state index contributed by atoms with van der Waals surface area (Å²) in [7, 11) is -6.84. The van der Waals surface area contributed by atoms with Gasteiger partial charge in [0, 0.05) is 23.1 Å². The van der Waals surface area contributed by atoms with E-state index in [1.807, 2.05) is 42.5 Å². The van der Waals surface area contributed by atoms with E-state index >= 15 is 0 Å². The fraction of sp³-hybridized carbons (Fsp3) is 0.231. The minimum absolute atomic E-state index is 0.0496. The molecule has 1 aliphatic heterocycles. The van der Waals surface area contributed by atoms with Gasteiger partial charge in [-0.05, 0) is 47.5 Å². The van der Waals surface area contributed by atoms with Crippen molar-refractivity contribution in [3.05, 3.63) is 100 Å². The van der Waals surface area contributed by atoms with Gasteiger partial charge in [-0.25, -0.2) is 28.3 Å². The zero-order chi connectivity index (χ0) is 29.6. The molecule has 218 valence electrons. The summed E-state index contributed by atoms with van der Waals surface area (Å²) in [5, 5.41) is 12.3. The van der Waals surface area contributed by atoms with E-state index in [0.29, 0.717) is 15.8 Å². The molecule has 1 aliphatic rings. The van der Waals surface area contributed by atoms with Gasteiger partial charge >= 0.3 is 0 Å². The Morgan fingerprint density at radius 3 is 2.22 bits per heavy atom. The van der Waals surface area contributed by atoms with Gasteiger partial charge in [0.2, 0.25) is 5.96 Å². The van der Waals surface area contributed by atoms with Crippen molar-refractivity contribution in [3.63, 3.8) is 0 Å². The van der Waals surface area contributed by atoms with Gasteiger partial charge in [0.15, 0.2) is 0 Å². The zero-order valence-corrected chi connectivity index (χ0v) is 25.0. The van der Waals surface area contributed by atoms with E-state index in [4.69, 9.17) is 38.2 Å². The van der Waals surface area contributed by atoms with E-state index < -0.39 is 26.3 Å². The lowest BCUT2D eigenvalue weighted by atomic mass is 9.91. The van der Waals surface area contributed by atoms with Crippen LogP contribution in [0.4, 0.5) is 0 Å². The van der Waals surface area contributed by atoms with Gasteiger partial charge in [0.05, 0.1) is 36.3 Å². The number of methoxy groups -OCH3 is 1. The summed E-state index contributed by atoms with van der Waals surface area (Å²) >= 11 is 12.1. The first-order valence-electron chi connectivity index (χ1n) is 12.2. The molecule has 0 radical (unpaired) electrons. The van der Waals surface area contributed by atoms with Crippen molar-refractivity contribution in [2.75, 3.05) is 26.8 Å². The third kappa shape index (κ3) is 8.49. The number of hydrogen-bond donors (Lipinski definition) is 3. The van der Waals surface area contributed by atoms with Crippen LogP contribution in [0.15, 0.2) is 93.9 Å². The quantitative estimate of drug-likeness (QED) is 0.229. The molecule has 4 rings (SSSR count). The molecular weight excluding hydrogens is 611 g/mol. The first-order valence-corrected chi connectivity index (χ1v) is 16.0. The molecule has 1 unspecified atom stereocenters. The van der Waals surface area contributed by atoms with Gasteiger partial charge in [0.25, 0.3) is 20.2 Å². The Morgan fingerprint density at radius 2 is 1.63 bits per heavy atom. The van der Waals surface area contributed by atoms with Crippen molar-refractivity contribution in [2.24, 2.45) is 15.2 Å². The lowest BCUT2D eigenvalue weighted by molar-refractivity contribution is 0.177. The molecule has 3 aromatic carbocycles. The summed E-state index contributed by atoms with van der Waals surface area (Å²) in [6.45, 7) is -0.0361. The maximum atomic E-state index is 13.4. The Morgan fingerprint density at radius 1 is 1.02 bits per heavy atom. The minimum atomic E-state index is -4.14. The highest BCUT2D eigenvalue weighted by Gasteiger charge is 2.33. The molecule has 11 nitrogen and oxygen atoms in total. The summed E-state index contributed by atoms with van der Waals surface area (Å²) in [4.78, 5) is 4.39. The number of benzene rings is 3. The summed E-state index contributed by atoms with van der Waals surface area (Å²) < 4.78 is 59.9. The molecule has 1 heterocycles. The van der Waals surface area contributed by atoms with E-state index in [0.717, 1.165) is 11.1 Å². The molecule has 0 bridgehead atoms. The number of rotatable bonds is 10. The van der Waals surface area contributed by atoms with Gasteiger partial charge in [-0.3, -0.25) is 0 Å². The first-order chi connectivity index (χ1) is 19.4. The smallest absolute Gasteiger partial charge is 0.274 e. The lowest BCUT2D eigenvalue weighted by Gasteiger charge is -2.21. The Bertz CT molecular complexity index is 1620. The van der Waals surface area contributed by atoms with Crippen molar-refractivity contribution in [3.8, 4) is 0 Å². The normalized spacial score (nSPS) is 16.9. The van der Waals surface area contributed by atoms with Crippen LogP contribution < -0.4 is 14.6 Å². The van der Waals surface area contributed by atoms with E-state index in [-0.39, 0.29) is 36.5 Å². The molecule has 0 aliphatic carbocycles. The average molecular weight is 640 g/mol. The molecule has 0 spiro atoms. The van der Waals surface area contributed by atoms with E-state index in [1.54, 1.807) is 12.1 Å². The molecular formula is C26H28Cl2N6O5S2. The number of halogens is 2. The van der Waals surface area contributed by atoms with Crippen molar-refractivity contribution < 1.29 is 21.6 Å². The van der Waals surface area contributed by atoms with Gasteiger partial charge in [-0.1, -0.05) is 65.7 Å². The molecule has 0 amide bonds. The average Bonchev–Trinajstić information content (AvgIpc) is 3.37. The Hall–Kier alpha value is -3.04. The number of nitrogens with one attached hydrogen (secondary N) is 2. The highest BCUT2D eigenvalue weighted by Crippen LogP contribution is 2.29. The zero-order valence-electron chi connectivity index (χ0n) is 21.8. The van der Waals surface area contributed by atoms with E-state index in [2.05, 4.69) is 14.4 Å². The molecule has 0 aromatic heterocycles. The monoisotopic (exact) mass is 638 g/mol. The highest BCUT2D eigenvalue weighted by molar-refractivity contribution is 7.90. The van der Waals surface area contributed by atoms with Gasteiger partial charge in [-0.15, -0.1) is 0 Å². The predicted molar refractivity (Wildman–Crippen MR) is 160 cm³/mol. The van der Waals surface area contributed by atoms with E-state index in [1.165, 1.54) is 36.4 Å². The standard InChI is InChI=1S/C26H28Cl2N6O5S2/c1-39-17-22(32-41(29,37)38)15-30-26(33-40(35,36)23-13-11-21(28)12-14-23)34-16-24(18-5-3-2-4-6-18)25(31-34)19-7-9-20(27)10-8-19/h2-14,22,24,32H,15-17H2,1H3,(H,30,33)(H2,29,37,38)/t22?,24-/m1/s1. The fourth-order valence-corrected chi connectivity index (χ4v) is 6.06. The summed E-state index contributed by atoms with van der Waals surface area (Å²) in [5.41, 5.74) is 2.41. The topological polar surface area (TPSA) is 156 Å². The largest absolute Gasteiger partial charge is 0.383 e. The third-order valence-corrected chi connectivity index (χ3v) is 8.52. The van der Waals surface area contributed by atoms with Crippen LogP contribution in [0.5, 0.6) is 0 Å². The lowest BCUT2D eigenvalue weighted by Crippen LogP contribution is -2.45. The first kappa shape index (κ1) is 30.9. The Labute approximate surface area is 249 Å². The number of aliphatic imine (C=N–C) groups is 1.